The van der Waals surface area contributed by atoms with Crippen LogP contribution in [0.15, 0.2) is 63.1 Å². The molecule has 1 aliphatic carbocycles. The number of piperazine rings is 1. The van der Waals surface area contributed by atoms with Crippen molar-refractivity contribution in [1.82, 2.24) is 19.4 Å². The van der Waals surface area contributed by atoms with Crippen LogP contribution in [0, 0.1) is 5.82 Å². The maximum atomic E-state index is 16.1. The van der Waals surface area contributed by atoms with E-state index in [-0.39, 0.29) is 59.0 Å². The molecule has 3 aromatic carbocycles. The van der Waals surface area contributed by atoms with Crippen molar-refractivity contribution in [3.05, 3.63) is 91.6 Å². The Morgan fingerprint density at radius 1 is 1.02 bits per heavy atom. The van der Waals surface area contributed by atoms with Gasteiger partial charge in [0.1, 0.15) is 22.8 Å². The summed E-state index contributed by atoms with van der Waals surface area (Å²) in [6, 6.07) is 10.1. The highest BCUT2D eigenvalue weighted by Crippen LogP contribution is 2.44. The number of carbonyl (C=O) groups excluding carboxylic acids is 1. The van der Waals surface area contributed by atoms with E-state index in [0.717, 1.165) is 28.9 Å². The minimum absolute atomic E-state index is 0.0207. The molecular formula is C42H42BrFN8O8. The highest BCUT2D eigenvalue weighted by Gasteiger charge is 2.38. The van der Waals surface area contributed by atoms with Gasteiger partial charge in [-0.25, -0.2) is 19.2 Å². The SMILES string of the molecule is COc1cc(Cc2cnc(/N=C3/C(=O)N(CN4CCN(c5c(F)cc6c(=O)c(C(=O)O)cn(C7CC7)c6c5OC)CC4C)c4ccc(Br)cc43)nc2N)cc(OC)c1OC. The molecule has 3 N–H and O–H groups in total. The standard InChI is InChI=1S/C42H42BrFN8O8/c1-21-18-49(35-29(44)16-27-34(38(35)60-5)51(25-7-8-25)19-28(36(27)53)41(55)56)10-11-50(21)20-52-30-9-6-24(43)15-26(30)33(40(52)54)47-42-46-17-23(39(45)48-42)12-22-13-31(57-2)37(59-4)32(14-22)58-3/h6,9,13-17,19,21,25H,7-8,10-12,18,20H2,1-5H3,(H,55,56)(H2,45,46,48)/b47-33+. The Kier molecular flexibility index (Phi) is 10.8. The van der Waals surface area contributed by atoms with E-state index in [9.17, 15) is 19.5 Å². The van der Waals surface area contributed by atoms with E-state index < -0.39 is 22.8 Å². The first-order valence-corrected chi connectivity index (χ1v) is 19.9. The zero-order valence-electron chi connectivity index (χ0n) is 33.5. The van der Waals surface area contributed by atoms with Crippen molar-refractivity contribution in [2.75, 3.05) is 70.3 Å². The monoisotopic (exact) mass is 884 g/mol. The van der Waals surface area contributed by atoms with E-state index in [0.29, 0.717) is 65.6 Å². The van der Waals surface area contributed by atoms with Crippen LogP contribution in [0.4, 0.5) is 27.5 Å². The quantitative estimate of drug-likeness (QED) is 0.159. The van der Waals surface area contributed by atoms with Gasteiger partial charge in [0.15, 0.2) is 23.1 Å². The summed E-state index contributed by atoms with van der Waals surface area (Å²) in [6.07, 6.45) is 4.89. The average molecular weight is 886 g/mol. The summed E-state index contributed by atoms with van der Waals surface area (Å²) in [4.78, 5) is 58.6. The topological polar surface area (TPSA) is 187 Å². The van der Waals surface area contributed by atoms with Gasteiger partial charge in [0, 0.05) is 66.1 Å². The fraction of sp³-hybridized carbons (Fsp3) is 0.333. The van der Waals surface area contributed by atoms with Crippen LogP contribution in [0.2, 0.25) is 0 Å². The number of ether oxygens (including phenoxy) is 4. The van der Waals surface area contributed by atoms with E-state index in [2.05, 4.69) is 35.8 Å². The van der Waals surface area contributed by atoms with Gasteiger partial charge < -0.3 is 39.3 Å². The highest BCUT2D eigenvalue weighted by molar-refractivity contribution is 9.10. The summed E-state index contributed by atoms with van der Waals surface area (Å²) >= 11 is 3.54. The molecule has 2 aromatic heterocycles. The zero-order chi connectivity index (χ0) is 42.6. The molecule has 16 nitrogen and oxygen atoms in total. The van der Waals surface area contributed by atoms with Crippen LogP contribution in [-0.2, 0) is 11.2 Å². The summed E-state index contributed by atoms with van der Waals surface area (Å²) < 4.78 is 40.9. The van der Waals surface area contributed by atoms with Crippen molar-refractivity contribution in [2.45, 2.75) is 38.3 Å². The van der Waals surface area contributed by atoms with Gasteiger partial charge in [-0.05, 0) is 61.7 Å². The molecule has 0 bridgehead atoms. The highest BCUT2D eigenvalue weighted by atomic mass is 79.9. The Labute approximate surface area is 352 Å². The lowest BCUT2D eigenvalue weighted by atomic mass is 10.1. The lowest BCUT2D eigenvalue weighted by molar-refractivity contribution is -0.112. The van der Waals surface area contributed by atoms with Crippen molar-refractivity contribution < 1.29 is 38.0 Å². The number of aliphatic imine (C=N–C) groups is 1. The molecule has 1 amide bonds. The third-order valence-corrected chi connectivity index (χ3v) is 11.6. The number of amides is 1. The first-order valence-electron chi connectivity index (χ1n) is 19.1. The summed E-state index contributed by atoms with van der Waals surface area (Å²) in [5.41, 5.74) is 8.69. The average Bonchev–Trinajstić information content (AvgIpc) is 4.05. The first kappa shape index (κ1) is 40.5. The molecule has 4 heterocycles. The van der Waals surface area contributed by atoms with E-state index in [4.69, 9.17) is 24.7 Å². The van der Waals surface area contributed by atoms with E-state index in [1.807, 2.05) is 42.2 Å². The third-order valence-electron chi connectivity index (χ3n) is 11.1. The molecule has 1 atom stereocenters. The second kappa shape index (κ2) is 16.1. The molecule has 312 valence electrons. The number of fused-ring (bicyclic) bond motifs is 2. The molecule has 0 radical (unpaired) electrons. The number of carboxylic acid groups (broad SMARTS) is 1. The Bertz CT molecular complexity index is 2640. The molecular weight excluding hydrogens is 843 g/mol. The molecule has 2 fully saturated rings. The van der Waals surface area contributed by atoms with Gasteiger partial charge in [0.2, 0.25) is 11.2 Å². The van der Waals surface area contributed by atoms with Gasteiger partial charge in [-0.1, -0.05) is 15.9 Å². The maximum Gasteiger partial charge on any atom is 0.341 e. The molecule has 60 heavy (non-hydrogen) atoms. The van der Waals surface area contributed by atoms with Crippen molar-refractivity contribution in [3.8, 4) is 23.0 Å². The molecule has 1 unspecified atom stereocenters. The first-order chi connectivity index (χ1) is 28.8. The minimum atomic E-state index is -1.37. The number of carbonyl (C=O) groups is 2. The molecule has 3 aliphatic rings. The molecule has 1 saturated carbocycles. The second-order valence-corrected chi connectivity index (χ2v) is 15.8. The Morgan fingerprint density at radius 3 is 2.35 bits per heavy atom. The van der Waals surface area contributed by atoms with Crippen molar-refractivity contribution in [3.63, 3.8) is 0 Å². The number of aromatic nitrogens is 3. The van der Waals surface area contributed by atoms with Crippen LogP contribution in [0.5, 0.6) is 23.0 Å². The number of nitrogens with two attached hydrogens (primary N) is 1. The number of carboxylic acids is 1. The van der Waals surface area contributed by atoms with Gasteiger partial charge in [0.05, 0.1) is 51.7 Å². The van der Waals surface area contributed by atoms with Crippen molar-refractivity contribution >= 4 is 67.6 Å². The van der Waals surface area contributed by atoms with Crippen molar-refractivity contribution in [1.29, 1.82) is 0 Å². The lowest BCUT2D eigenvalue weighted by Gasteiger charge is -2.42. The Morgan fingerprint density at radius 2 is 1.73 bits per heavy atom. The van der Waals surface area contributed by atoms with Crippen LogP contribution in [0.3, 0.4) is 0 Å². The zero-order valence-corrected chi connectivity index (χ0v) is 35.1. The molecule has 8 rings (SSSR count). The number of nitrogens with zero attached hydrogens (tertiary/aromatic N) is 7. The fourth-order valence-electron chi connectivity index (χ4n) is 8.01. The second-order valence-electron chi connectivity index (χ2n) is 14.8. The van der Waals surface area contributed by atoms with Gasteiger partial charge >= 0.3 is 5.97 Å². The number of hydrogen-bond acceptors (Lipinski definition) is 13. The molecule has 1 saturated heterocycles. The van der Waals surface area contributed by atoms with Crippen LogP contribution in [0.1, 0.15) is 52.9 Å². The number of halogens is 2. The van der Waals surface area contributed by atoms with Crippen LogP contribution < -0.4 is 39.9 Å². The van der Waals surface area contributed by atoms with Gasteiger partial charge in [-0.2, -0.15) is 4.98 Å². The smallest absolute Gasteiger partial charge is 0.341 e. The van der Waals surface area contributed by atoms with E-state index >= 15 is 4.39 Å². The largest absolute Gasteiger partial charge is 0.493 e. The number of nitrogen functional groups attached to an aromatic ring is 1. The predicted octanol–water partition coefficient (Wildman–Crippen LogP) is 5.57. The molecule has 2 aliphatic heterocycles. The summed E-state index contributed by atoms with van der Waals surface area (Å²) in [5.74, 6) is -0.531. The van der Waals surface area contributed by atoms with Crippen LogP contribution in [-0.4, -0.2) is 103 Å². The number of pyridine rings is 1. The summed E-state index contributed by atoms with van der Waals surface area (Å²) in [7, 11) is 6.04. The van der Waals surface area contributed by atoms with Crippen LogP contribution in [0.25, 0.3) is 10.9 Å². The number of anilines is 3. The van der Waals surface area contributed by atoms with E-state index in [1.54, 1.807) is 29.9 Å². The van der Waals surface area contributed by atoms with Gasteiger partial charge in [-0.3, -0.25) is 19.4 Å². The van der Waals surface area contributed by atoms with Gasteiger partial charge in [0.25, 0.3) is 11.9 Å². The maximum absolute atomic E-state index is 16.1. The number of benzene rings is 3. The number of aromatic carboxylic acids is 1. The Balaban J connectivity index is 1.04. The molecule has 18 heteroatoms. The summed E-state index contributed by atoms with van der Waals surface area (Å²) in [6.45, 7) is 3.39. The van der Waals surface area contributed by atoms with Gasteiger partial charge in [-0.15, -0.1) is 0 Å². The van der Waals surface area contributed by atoms with Crippen molar-refractivity contribution in [2.24, 2.45) is 4.99 Å². The molecule has 0 spiro atoms. The third kappa shape index (κ3) is 7.23. The lowest BCUT2D eigenvalue weighted by Crippen LogP contribution is -2.55. The van der Waals surface area contributed by atoms with E-state index in [1.165, 1.54) is 20.4 Å². The van der Waals surface area contributed by atoms with Crippen LogP contribution >= 0.6 is 15.9 Å². The predicted molar refractivity (Wildman–Crippen MR) is 226 cm³/mol. The molecule has 5 aromatic rings. The summed E-state index contributed by atoms with van der Waals surface area (Å²) in [5, 5.41) is 9.68. The fourth-order valence-corrected chi connectivity index (χ4v) is 8.37. The Hall–Kier alpha value is -6.27. The number of hydrogen-bond donors (Lipinski definition) is 2. The minimum Gasteiger partial charge on any atom is -0.493 e. The normalized spacial score (nSPS) is 17.4. The number of rotatable bonds is 12. The number of methoxy groups -OCH3 is 4.